The van der Waals surface area contributed by atoms with Crippen molar-refractivity contribution in [3.8, 4) is 0 Å². The third-order valence-electron chi connectivity index (χ3n) is 0. The van der Waals surface area contributed by atoms with Crippen LogP contribution in [0.4, 0.5) is 0 Å². The fourth-order valence-electron chi connectivity index (χ4n) is 0. The van der Waals surface area contributed by atoms with Gasteiger partial charge in [-0.1, -0.05) is 0 Å². The Bertz CT molecular complexity index is 17.8. The zero-order chi connectivity index (χ0) is 0. The monoisotopic (exact) mass is 620 g/mol. The Kier molecular flexibility index (Phi) is 488. The molecule has 0 aromatic heterocycles. The molecule has 0 atom stereocenters. The summed E-state index contributed by atoms with van der Waals surface area (Å²) in [5, 5.41) is 0. The Labute approximate surface area is 231 Å². The SMILES string of the molecule is [BaH2].[BaH2].[Fe+3].[Fe+3].[O-2].[O-2].[O-2].[SrH2].[SrH2]. The summed E-state index contributed by atoms with van der Waals surface area (Å²) in [6, 6.07) is 0. The van der Waals surface area contributed by atoms with E-state index in [4.69, 9.17) is 0 Å². The molecule has 0 aromatic rings. The van der Waals surface area contributed by atoms with Crippen LogP contribution in [0.25, 0.3) is 0 Å². The predicted molar refractivity (Wildman–Crippen MR) is 36.2 cm³/mol. The maximum absolute atomic E-state index is 0. The molecule has 2 radical (unpaired) electrons. The van der Waals surface area contributed by atoms with Crippen LogP contribution in [0.3, 0.4) is 0 Å². The normalized spacial score (nSPS) is 0. The summed E-state index contributed by atoms with van der Waals surface area (Å²) in [4.78, 5) is 0. The first-order chi connectivity index (χ1) is 0. The average molecular weight is 618 g/mol. The van der Waals surface area contributed by atoms with Gasteiger partial charge in [0.1, 0.15) is 0 Å². The molecule has 0 aliphatic carbocycles. The molecule has 0 bridgehead atoms. The van der Waals surface area contributed by atoms with Crippen molar-refractivity contribution in [2.45, 2.75) is 0 Å². The summed E-state index contributed by atoms with van der Waals surface area (Å²) in [6.07, 6.45) is 0. The van der Waals surface area contributed by atoms with Gasteiger partial charge in [-0.3, -0.25) is 0 Å². The van der Waals surface area contributed by atoms with Crippen LogP contribution >= 0.6 is 0 Å². The Morgan fingerprint density at radius 3 is 0.444 bits per heavy atom. The van der Waals surface area contributed by atoms with Crippen molar-refractivity contribution >= 4 is 189 Å². The Morgan fingerprint density at radius 2 is 0.444 bits per heavy atom. The van der Waals surface area contributed by atoms with E-state index in [1.807, 2.05) is 0 Å². The molecule has 0 aromatic carbocycles. The summed E-state index contributed by atoms with van der Waals surface area (Å²) in [7, 11) is 0. The number of rotatable bonds is 0. The van der Waals surface area contributed by atoms with Crippen LogP contribution in [0, 0.1) is 0 Å². The van der Waals surface area contributed by atoms with E-state index in [9.17, 15) is 0 Å². The van der Waals surface area contributed by atoms with Gasteiger partial charge in [0.25, 0.3) is 0 Å². The van der Waals surface area contributed by atoms with Crippen molar-refractivity contribution in [1.82, 2.24) is 0 Å². The third kappa shape index (κ3) is 51.7. The van der Waals surface area contributed by atoms with Crippen molar-refractivity contribution in [2.24, 2.45) is 0 Å². The van der Waals surface area contributed by atoms with E-state index in [1.165, 1.54) is 0 Å². The quantitative estimate of drug-likeness (QED) is 0.248. The van der Waals surface area contributed by atoms with Crippen LogP contribution in [-0.2, 0) is 50.6 Å². The zero-order valence-electron chi connectivity index (χ0n) is 1.93. The Morgan fingerprint density at radius 1 is 0.444 bits per heavy atom. The maximum atomic E-state index is 0. The molecule has 0 N–H and O–H groups in total. The summed E-state index contributed by atoms with van der Waals surface area (Å²) in [6.45, 7) is 0. The van der Waals surface area contributed by atoms with Gasteiger partial charge < -0.3 is 16.4 Å². The van der Waals surface area contributed by atoms with Gasteiger partial charge in [-0.25, -0.2) is 0 Å². The zero-order valence-corrected chi connectivity index (χ0v) is 4.14. The van der Waals surface area contributed by atoms with E-state index in [0.29, 0.717) is 0 Å². The molecular formula is H8Ba2Fe2O3Sr2. The van der Waals surface area contributed by atoms with Gasteiger partial charge in [-0.15, -0.1) is 0 Å². The summed E-state index contributed by atoms with van der Waals surface area (Å²) in [5.74, 6) is 0. The van der Waals surface area contributed by atoms with Crippen molar-refractivity contribution in [1.29, 1.82) is 0 Å². The molecule has 0 spiro atoms. The van der Waals surface area contributed by atoms with E-state index in [0.717, 1.165) is 0 Å². The third-order valence-corrected chi connectivity index (χ3v) is 0. The summed E-state index contributed by atoms with van der Waals surface area (Å²) < 4.78 is 0. The fraction of sp³-hybridized carbons (Fsp3) is 0. The second kappa shape index (κ2) is 59.9. The first-order valence-corrected chi connectivity index (χ1v) is 0. The van der Waals surface area contributed by atoms with Crippen LogP contribution in [0.2, 0.25) is 0 Å². The van der Waals surface area contributed by atoms with Gasteiger partial charge >= 0.3 is 223 Å². The Balaban J connectivity index is 0. The molecule has 0 amide bonds. The van der Waals surface area contributed by atoms with Gasteiger partial charge in [0.2, 0.25) is 0 Å². The predicted octanol–water partition coefficient (Wildman–Crippen LogP) is -4.03. The van der Waals surface area contributed by atoms with Crippen molar-refractivity contribution in [3.05, 3.63) is 0 Å². The van der Waals surface area contributed by atoms with Crippen LogP contribution in [0.1, 0.15) is 0 Å². The van der Waals surface area contributed by atoms with Crippen molar-refractivity contribution < 1.29 is 50.6 Å². The van der Waals surface area contributed by atoms with Gasteiger partial charge in [-0.2, -0.15) is 0 Å². The first-order valence-electron chi connectivity index (χ1n) is 0. The number of hydrogen-bond acceptors (Lipinski definition) is 0. The van der Waals surface area contributed by atoms with Crippen LogP contribution in [0.15, 0.2) is 0 Å². The molecule has 50 valence electrons. The topological polar surface area (TPSA) is 85.5 Å². The van der Waals surface area contributed by atoms with Crippen molar-refractivity contribution in [2.75, 3.05) is 0 Å². The molecule has 9 heteroatoms. The van der Waals surface area contributed by atoms with E-state index >= 15 is 0 Å². The molecule has 0 unspecified atom stereocenters. The summed E-state index contributed by atoms with van der Waals surface area (Å²) in [5.41, 5.74) is 0. The first kappa shape index (κ1) is 73.3. The Hall–Kier alpha value is 7.02. The second-order valence-corrected chi connectivity index (χ2v) is 0. The molecule has 0 aliphatic rings. The molecule has 9 heavy (non-hydrogen) atoms. The van der Waals surface area contributed by atoms with Crippen molar-refractivity contribution in [3.63, 3.8) is 0 Å². The molecule has 0 rings (SSSR count). The molecule has 0 saturated carbocycles. The summed E-state index contributed by atoms with van der Waals surface area (Å²) >= 11 is 0. The van der Waals surface area contributed by atoms with Gasteiger partial charge in [0, 0.05) is 0 Å². The molecular weight excluding hydrogens is 610 g/mol. The number of hydrogen-bond donors (Lipinski definition) is 0. The van der Waals surface area contributed by atoms with E-state index in [2.05, 4.69) is 0 Å². The molecule has 0 aliphatic heterocycles. The standard InChI is InChI=1S/2Ba.2Fe.3O.2Sr.8H/q;;2*+3;3*-2;;;;;;;;;;. The fourth-order valence-corrected chi connectivity index (χ4v) is 0. The average Bonchev–Trinajstić information content (AvgIpc) is 0. The van der Waals surface area contributed by atoms with E-state index in [1.54, 1.807) is 0 Å². The minimum atomic E-state index is 0. The minimum absolute atomic E-state index is 0. The van der Waals surface area contributed by atoms with Crippen LogP contribution < -0.4 is 0 Å². The molecule has 3 nitrogen and oxygen atoms in total. The van der Waals surface area contributed by atoms with Crippen LogP contribution in [-0.4, -0.2) is 189 Å². The molecule has 0 fully saturated rings. The van der Waals surface area contributed by atoms with E-state index in [-0.39, 0.29) is 239 Å². The van der Waals surface area contributed by atoms with Gasteiger partial charge in [-0.05, 0) is 0 Å². The molecule has 0 saturated heterocycles. The van der Waals surface area contributed by atoms with Gasteiger partial charge in [0.15, 0.2) is 0 Å². The van der Waals surface area contributed by atoms with Gasteiger partial charge in [0.05, 0.1) is 0 Å². The van der Waals surface area contributed by atoms with E-state index < -0.39 is 0 Å². The molecule has 0 heterocycles. The van der Waals surface area contributed by atoms with Crippen LogP contribution in [0.5, 0.6) is 0 Å². The second-order valence-electron chi connectivity index (χ2n) is 0.